The van der Waals surface area contributed by atoms with Gasteiger partial charge in [-0.3, -0.25) is 9.78 Å². The number of thiophene rings is 1. The quantitative estimate of drug-likeness (QED) is 0.945. The van der Waals surface area contributed by atoms with Crippen molar-refractivity contribution in [2.45, 2.75) is 24.9 Å². The first-order valence-corrected chi connectivity index (χ1v) is 7.98. The van der Waals surface area contributed by atoms with E-state index in [-0.39, 0.29) is 5.91 Å². The second-order valence-corrected chi connectivity index (χ2v) is 6.44. The van der Waals surface area contributed by atoms with Crippen LogP contribution >= 0.6 is 11.3 Å². The molecule has 1 fully saturated rings. The molecule has 0 saturated carbocycles. The van der Waals surface area contributed by atoms with Gasteiger partial charge >= 0.3 is 0 Å². The number of hydrogen-bond donors (Lipinski definition) is 1. The Kier molecular flexibility index (Phi) is 4.03. The summed E-state index contributed by atoms with van der Waals surface area (Å²) in [4.78, 5) is 19.3. The van der Waals surface area contributed by atoms with Crippen LogP contribution in [0.4, 0.5) is 0 Å². The lowest BCUT2D eigenvalue weighted by Crippen LogP contribution is -2.45. The SMILES string of the molecule is O=C(Cc1cccs1)N1CCC(O)(c2cccnc2)CC1. The van der Waals surface area contributed by atoms with Crippen molar-refractivity contribution in [2.24, 2.45) is 0 Å². The van der Waals surface area contributed by atoms with E-state index in [4.69, 9.17) is 0 Å². The number of aliphatic hydroxyl groups is 1. The molecule has 0 aliphatic carbocycles. The van der Waals surface area contributed by atoms with E-state index in [0.717, 1.165) is 10.4 Å². The number of amides is 1. The Labute approximate surface area is 128 Å². The van der Waals surface area contributed by atoms with Crippen LogP contribution in [0.3, 0.4) is 0 Å². The highest BCUT2D eigenvalue weighted by atomic mass is 32.1. The van der Waals surface area contributed by atoms with Crippen molar-refractivity contribution < 1.29 is 9.90 Å². The molecule has 1 aliphatic heterocycles. The summed E-state index contributed by atoms with van der Waals surface area (Å²) < 4.78 is 0. The van der Waals surface area contributed by atoms with Gasteiger partial charge in [0, 0.05) is 35.9 Å². The van der Waals surface area contributed by atoms with Gasteiger partial charge in [-0.2, -0.15) is 0 Å². The van der Waals surface area contributed by atoms with Crippen LogP contribution in [0.25, 0.3) is 0 Å². The van der Waals surface area contributed by atoms with Crippen LogP contribution < -0.4 is 0 Å². The average Bonchev–Trinajstić information content (AvgIpc) is 3.02. The van der Waals surface area contributed by atoms with Gasteiger partial charge in [0.25, 0.3) is 0 Å². The van der Waals surface area contributed by atoms with Crippen LogP contribution in [-0.4, -0.2) is 34.0 Å². The molecule has 0 aromatic carbocycles. The predicted octanol–water partition coefficient (Wildman–Crippen LogP) is 2.20. The molecular weight excluding hydrogens is 284 g/mol. The van der Waals surface area contributed by atoms with E-state index in [0.29, 0.717) is 32.4 Å². The molecule has 110 valence electrons. The second kappa shape index (κ2) is 5.95. The van der Waals surface area contributed by atoms with Crippen LogP contribution in [0, 0.1) is 0 Å². The first-order chi connectivity index (χ1) is 10.2. The zero-order chi connectivity index (χ0) is 14.7. The Morgan fingerprint density at radius 1 is 1.33 bits per heavy atom. The molecule has 2 aromatic rings. The number of pyridine rings is 1. The zero-order valence-electron chi connectivity index (χ0n) is 11.7. The van der Waals surface area contributed by atoms with E-state index in [9.17, 15) is 9.90 Å². The van der Waals surface area contributed by atoms with Gasteiger partial charge in [-0.25, -0.2) is 0 Å². The zero-order valence-corrected chi connectivity index (χ0v) is 12.6. The van der Waals surface area contributed by atoms with Crippen molar-refractivity contribution in [3.8, 4) is 0 Å². The van der Waals surface area contributed by atoms with E-state index in [1.165, 1.54) is 0 Å². The molecule has 3 rings (SSSR count). The number of likely N-dealkylation sites (tertiary alicyclic amines) is 1. The summed E-state index contributed by atoms with van der Waals surface area (Å²) in [7, 11) is 0. The van der Waals surface area contributed by atoms with Crippen molar-refractivity contribution in [1.29, 1.82) is 0 Å². The van der Waals surface area contributed by atoms with Gasteiger partial charge in [0.2, 0.25) is 5.91 Å². The van der Waals surface area contributed by atoms with Gasteiger partial charge in [-0.1, -0.05) is 12.1 Å². The molecule has 2 aromatic heterocycles. The van der Waals surface area contributed by atoms with Gasteiger partial charge in [0.05, 0.1) is 12.0 Å². The van der Waals surface area contributed by atoms with Crippen molar-refractivity contribution >= 4 is 17.2 Å². The molecule has 1 saturated heterocycles. The number of carbonyl (C=O) groups excluding carboxylic acids is 1. The molecule has 4 nitrogen and oxygen atoms in total. The number of carbonyl (C=O) groups is 1. The van der Waals surface area contributed by atoms with Gasteiger partial charge in [0.1, 0.15) is 0 Å². The third-order valence-electron chi connectivity index (χ3n) is 4.05. The van der Waals surface area contributed by atoms with Crippen LogP contribution in [-0.2, 0) is 16.8 Å². The lowest BCUT2D eigenvalue weighted by Gasteiger charge is -2.38. The van der Waals surface area contributed by atoms with Gasteiger partial charge in [-0.15, -0.1) is 11.3 Å². The summed E-state index contributed by atoms with van der Waals surface area (Å²) in [6.07, 6.45) is 5.00. The lowest BCUT2D eigenvalue weighted by molar-refractivity contribution is -0.135. The van der Waals surface area contributed by atoms with Gasteiger partial charge in [-0.05, 0) is 30.4 Å². The Hall–Kier alpha value is -1.72. The number of nitrogens with zero attached hydrogens (tertiary/aromatic N) is 2. The smallest absolute Gasteiger partial charge is 0.227 e. The topological polar surface area (TPSA) is 53.4 Å². The van der Waals surface area contributed by atoms with Crippen LogP contribution in [0.15, 0.2) is 42.0 Å². The fourth-order valence-electron chi connectivity index (χ4n) is 2.73. The number of piperidine rings is 1. The minimum Gasteiger partial charge on any atom is -0.385 e. The van der Waals surface area contributed by atoms with E-state index in [2.05, 4.69) is 4.98 Å². The average molecular weight is 302 g/mol. The maximum Gasteiger partial charge on any atom is 0.227 e. The largest absolute Gasteiger partial charge is 0.385 e. The fraction of sp³-hybridized carbons (Fsp3) is 0.375. The minimum absolute atomic E-state index is 0.144. The molecule has 5 heteroatoms. The molecule has 1 aliphatic rings. The number of hydrogen-bond acceptors (Lipinski definition) is 4. The summed E-state index contributed by atoms with van der Waals surface area (Å²) in [5.74, 6) is 0.144. The molecule has 21 heavy (non-hydrogen) atoms. The Morgan fingerprint density at radius 3 is 2.76 bits per heavy atom. The summed E-state index contributed by atoms with van der Waals surface area (Å²) in [5.41, 5.74) is -0.0103. The molecule has 1 N–H and O–H groups in total. The highest BCUT2D eigenvalue weighted by Gasteiger charge is 2.35. The highest BCUT2D eigenvalue weighted by Crippen LogP contribution is 2.32. The monoisotopic (exact) mass is 302 g/mol. The molecule has 0 spiro atoms. The molecule has 3 heterocycles. The molecule has 1 amide bonds. The highest BCUT2D eigenvalue weighted by molar-refractivity contribution is 7.10. The van der Waals surface area contributed by atoms with Crippen molar-refractivity contribution in [3.63, 3.8) is 0 Å². The standard InChI is InChI=1S/C16H18N2O2S/c19-15(11-14-4-2-10-21-14)18-8-5-16(20,6-9-18)13-3-1-7-17-12-13/h1-4,7,10,12,20H,5-6,8-9,11H2. The van der Waals surface area contributed by atoms with Gasteiger partial charge in [0.15, 0.2) is 0 Å². The molecule has 0 unspecified atom stereocenters. The lowest BCUT2D eigenvalue weighted by atomic mass is 9.85. The van der Waals surface area contributed by atoms with E-state index >= 15 is 0 Å². The van der Waals surface area contributed by atoms with Crippen molar-refractivity contribution in [3.05, 3.63) is 52.5 Å². The fourth-order valence-corrected chi connectivity index (χ4v) is 3.42. The predicted molar refractivity (Wildman–Crippen MR) is 82.0 cm³/mol. The third kappa shape index (κ3) is 3.14. The summed E-state index contributed by atoms with van der Waals surface area (Å²) >= 11 is 1.61. The van der Waals surface area contributed by atoms with E-state index < -0.39 is 5.60 Å². The summed E-state index contributed by atoms with van der Waals surface area (Å²) in [5, 5.41) is 12.7. The molecule has 0 bridgehead atoms. The maximum atomic E-state index is 12.3. The Morgan fingerprint density at radius 2 is 2.14 bits per heavy atom. The van der Waals surface area contributed by atoms with E-state index in [1.54, 1.807) is 23.7 Å². The third-order valence-corrected chi connectivity index (χ3v) is 4.92. The van der Waals surface area contributed by atoms with Crippen LogP contribution in [0.1, 0.15) is 23.3 Å². The summed E-state index contributed by atoms with van der Waals surface area (Å²) in [6, 6.07) is 7.68. The second-order valence-electron chi connectivity index (χ2n) is 5.41. The first kappa shape index (κ1) is 14.2. The Balaban J connectivity index is 1.61. The Bertz CT molecular complexity index is 590. The molecule has 0 atom stereocenters. The molecular formula is C16H18N2O2S. The number of rotatable bonds is 3. The van der Waals surface area contributed by atoms with Crippen LogP contribution in [0.2, 0.25) is 0 Å². The first-order valence-electron chi connectivity index (χ1n) is 7.10. The normalized spacial score (nSPS) is 17.7. The molecule has 0 radical (unpaired) electrons. The van der Waals surface area contributed by atoms with Crippen molar-refractivity contribution in [2.75, 3.05) is 13.1 Å². The van der Waals surface area contributed by atoms with Gasteiger partial charge < -0.3 is 10.0 Å². The van der Waals surface area contributed by atoms with E-state index in [1.807, 2.05) is 34.5 Å². The maximum absolute atomic E-state index is 12.3. The number of aromatic nitrogens is 1. The van der Waals surface area contributed by atoms with Crippen LogP contribution in [0.5, 0.6) is 0 Å². The summed E-state index contributed by atoms with van der Waals surface area (Å²) in [6.45, 7) is 1.19. The van der Waals surface area contributed by atoms with Crippen molar-refractivity contribution in [1.82, 2.24) is 9.88 Å². The minimum atomic E-state index is -0.853.